The van der Waals surface area contributed by atoms with E-state index in [1.165, 1.54) is 13.2 Å². The summed E-state index contributed by atoms with van der Waals surface area (Å²) in [6.07, 6.45) is 0.666. The van der Waals surface area contributed by atoms with Crippen LogP contribution in [0, 0.1) is 0 Å². The quantitative estimate of drug-likeness (QED) is 0.329. The maximum Gasteiger partial charge on any atom is 0.255 e. The Labute approximate surface area is 202 Å². The van der Waals surface area contributed by atoms with Crippen LogP contribution in [0.15, 0.2) is 41.6 Å². The summed E-state index contributed by atoms with van der Waals surface area (Å²) < 4.78 is 11.0. The largest absolute Gasteiger partial charge is 0.496 e. The molecule has 0 bridgehead atoms. The molecule has 1 aromatic heterocycles. The highest BCUT2D eigenvalue weighted by Crippen LogP contribution is 2.29. The van der Waals surface area contributed by atoms with Gasteiger partial charge in [0.05, 0.1) is 46.6 Å². The number of halogens is 1. The molecule has 1 saturated heterocycles. The number of imidazole rings is 1. The average Bonchev–Trinajstić information content (AvgIpc) is 3.24. The topological polar surface area (TPSA) is 105 Å². The van der Waals surface area contributed by atoms with Crippen molar-refractivity contribution in [3.63, 3.8) is 0 Å². The van der Waals surface area contributed by atoms with Gasteiger partial charge in [0, 0.05) is 38.6 Å². The molecule has 33 heavy (non-hydrogen) atoms. The number of amides is 1. The van der Waals surface area contributed by atoms with Crippen molar-refractivity contribution in [1.29, 1.82) is 0 Å². The highest BCUT2D eigenvalue weighted by Gasteiger charge is 2.31. The number of benzene rings is 2. The minimum absolute atomic E-state index is 0.109. The zero-order chi connectivity index (χ0) is 23.4. The van der Waals surface area contributed by atoms with E-state index >= 15 is 0 Å². The number of fused-ring (bicyclic) bond motifs is 1. The van der Waals surface area contributed by atoms with Crippen molar-refractivity contribution in [1.82, 2.24) is 20.2 Å². The Morgan fingerprint density at radius 1 is 1.36 bits per heavy atom. The van der Waals surface area contributed by atoms with Crippen LogP contribution in [0.4, 0.5) is 5.69 Å². The Morgan fingerprint density at radius 3 is 2.94 bits per heavy atom. The third-order valence-electron chi connectivity index (χ3n) is 5.84. The van der Waals surface area contributed by atoms with E-state index in [9.17, 15) is 4.79 Å². The second kappa shape index (κ2) is 10.6. The van der Waals surface area contributed by atoms with E-state index in [4.69, 9.17) is 26.8 Å². The number of para-hydroxylation sites is 2. The number of carbonyl (C=O) groups excluding carboxylic acids is 1. The van der Waals surface area contributed by atoms with Crippen molar-refractivity contribution >= 4 is 46.0 Å². The van der Waals surface area contributed by atoms with Gasteiger partial charge in [-0.2, -0.15) is 0 Å². The van der Waals surface area contributed by atoms with Gasteiger partial charge in [0.25, 0.3) is 5.91 Å². The SMILES string of the molecule is COc1cc(N)c(Cl)cc1C(=O)N[C@H]1CCN(CCSc2nc3ccccc3[nH]2)C[C@H]1OC. The number of anilines is 1. The van der Waals surface area contributed by atoms with Crippen LogP contribution >= 0.6 is 23.4 Å². The number of methoxy groups -OCH3 is 2. The summed E-state index contributed by atoms with van der Waals surface area (Å²) in [6, 6.07) is 11.0. The van der Waals surface area contributed by atoms with Crippen LogP contribution in [0.25, 0.3) is 11.0 Å². The molecule has 176 valence electrons. The van der Waals surface area contributed by atoms with Crippen LogP contribution in [-0.4, -0.2) is 72.5 Å². The molecule has 10 heteroatoms. The van der Waals surface area contributed by atoms with E-state index in [1.54, 1.807) is 24.9 Å². The summed E-state index contributed by atoms with van der Waals surface area (Å²) in [5.74, 6) is 1.05. The van der Waals surface area contributed by atoms with Gasteiger partial charge >= 0.3 is 0 Å². The number of thioether (sulfide) groups is 1. The van der Waals surface area contributed by atoms with Gasteiger partial charge in [-0.1, -0.05) is 35.5 Å². The summed E-state index contributed by atoms with van der Waals surface area (Å²) in [5, 5.41) is 4.33. The number of hydrogen-bond donors (Lipinski definition) is 3. The molecule has 1 fully saturated rings. The Morgan fingerprint density at radius 2 is 2.18 bits per heavy atom. The maximum absolute atomic E-state index is 12.9. The number of H-pyrrole nitrogens is 1. The zero-order valence-electron chi connectivity index (χ0n) is 18.6. The first kappa shape index (κ1) is 23.7. The Bertz CT molecular complexity index is 1090. The normalized spacial score (nSPS) is 19.0. The number of piperidine rings is 1. The van der Waals surface area contributed by atoms with Gasteiger partial charge < -0.3 is 25.5 Å². The number of nitrogens with two attached hydrogens (primary N) is 1. The molecule has 0 spiro atoms. The number of nitrogens with zero attached hydrogens (tertiary/aromatic N) is 2. The maximum atomic E-state index is 12.9. The van der Waals surface area contributed by atoms with E-state index in [-0.39, 0.29) is 18.1 Å². The fourth-order valence-corrected chi connectivity index (χ4v) is 5.07. The molecule has 0 unspecified atom stereocenters. The van der Waals surface area contributed by atoms with Gasteiger partial charge in [0.1, 0.15) is 5.75 Å². The van der Waals surface area contributed by atoms with Crippen LogP contribution in [0.5, 0.6) is 5.75 Å². The molecule has 1 amide bonds. The minimum atomic E-state index is -0.255. The van der Waals surface area contributed by atoms with Gasteiger partial charge in [-0.3, -0.25) is 9.69 Å². The van der Waals surface area contributed by atoms with E-state index in [0.717, 1.165) is 48.0 Å². The van der Waals surface area contributed by atoms with Crippen molar-refractivity contribution in [2.75, 3.05) is 45.3 Å². The molecule has 4 N–H and O–H groups in total. The third kappa shape index (κ3) is 5.55. The van der Waals surface area contributed by atoms with Crippen LogP contribution in [-0.2, 0) is 4.74 Å². The fourth-order valence-electron chi connectivity index (χ4n) is 4.02. The zero-order valence-corrected chi connectivity index (χ0v) is 20.2. The molecule has 1 aliphatic rings. The van der Waals surface area contributed by atoms with E-state index in [0.29, 0.717) is 22.0 Å². The molecule has 1 aliphatic heterocycles. The minimum Gasteiger partial charge on any atom is -0.496 e. The third-order valence-corrected chi connectivity index (χ3v) is 7.02. The highest BCUT2D eigenvalue weighted by molar-refractivity contribution is 7.99. The van der Waals surface area contributed by atoms with E-state index in [2.05, 4.69) is 20.2 Å². The van der Waals surface area contributed by atoms with Gasteiger partial charge in [0.15, 0.2) is 5.16 Å². The van der Waals surface area contributed by atoms with Crippen LogP contribution < -0.4 is 15.8 Å². The number of rotatable bonds is 8. The smallest absolute Gasteiger partial charge is 0.255 e. The summed E-state index contributed by atoms with van der Waals surface area (Å²) in [6.45, 7) is 2.51. The van der Waals surface area contributed by atoms with Gasteiger partial charge in [-0.05, 0) is 24.6 Å². The van der Waals surface area contributed by atoms with Crippen LogP contribution in [0.1, 0.15) is 16.8 Å². The lowest BCUT2D eigenvalue weighted by atomic mass is 10.0. The number of aromatic nitrogens is 2. The molecule has 3 aromatic rings. The molecular formula is C23H28ClN5O3S. The van der Waals surface area contributed by atoms with Crippen molar-refractivity contribution < 1.29 is 14.3 Å². The number of ether oxygens (including phenoxy) is 2. The molecular weight excluding hydrogens is 462 g/mol. The number of aromatic amines is 1. The first-order valence-corrected chi connectivity index (χ1v) is 12.1. The van der Waals surface area contributed by atoms with Crippen molar-refractivity contribution in [2.45, 2.75) is 23.7 Å². The number of nitrogens with one attached hydrogen (secondary N) is 2. The molecule has 0 saturated carbocycles. The lowest BCUT2D eigenvalue weighted by Gasteiger charge is -2.38. The molecule has 2 atom stereocenters. The number of nitrogen functional groups attached to an aromatic ring is 1. The summed E-state index contributed by atoms with van der Waals surface area (Å²) in [7, 11) is 3.18. The Kier molecular flexibility index (Phi) is 7.64. The average molecular weight is 490 g/mol. The number of likely N-dealkylation sites (tertiary alicyclic amines) is 1. The first-order chi connectivity index (χ1) is 16.0. The molecule has 8 nitrogen and oxygen atoms in total. The number of carbonyl (C=O) groups is 1. The Hall–Kier alpha value is -2.46. The van der Waals surface area contributed by atoms with E-state index in [1.807, 2.05) is 24.3 Å². The summed E-state index contributed by atoms with van der Waals surface area (Å²) in [4.78, 5) is 23.2. The standard InChI is InChI=1S/C23H28ClN5O3S/c1-31-20-12-16(25)15(24)11-14(20)22(30)26-19-7-8-29(13-21(19)32-2)9-10-33-23-27-17-5-3-4-6-18(17)28-23/h3-6,11-12,19,21H,7-10,13,25H2,1-2H3,(H,26,30)(H,27,28)/t19-,21+/m0/s1. The predicted molar refractivity (Wildman–Crippen MR) is 132 cm³/mol. The summed E-state index contributed by atoms with van der Waals surface area (Å²) >= 11 is 7.83. The first-order valence-electron chi connectivity index (χ1n) is 10.7. The van der Waals surface area contributed by atoms with E-state index < -0.39 is 0 Å². The second-order valence-electron chi connectivity index (χ2n) is 7.92. The molecule has 0 radical (unpaired) electrons. The van der Waals surface area contributed by atoms with Gasteiger partial charge in [-0.25, -0.2) is 4.98 Å². The van der Waals surface area contributed by atoms with Crippen molar-refractivity contribution in [2.24, 2.45) is 0 Å². The monoisotopic (exact) mass is 489 g/mol. The lowest BCUT2D eigenvalue weighted by Crippen LogP contribution is -2.55. The molecule has 0 aliphatic carbocycles. The van der Waals surface area contributed by atoms with Gasteiger partial charge in [0.2, 0.25) is 0 Å². The van der Waals surface area contributed by atoms with Crippen molar-refractivity contribution in [3.05, 3.63) is 47.0 Å². The summed E-state index contributed by atoms with van der Waals surface area (Å²) in [5.41, 5.74) is 8.59. The van der Waals surface area contributed by atoms with Gasteiger partial charge in [-0.15, -0.1) is 0 Å². The fraction of sp³-hybridized carbons (Fsp3) is 0.391. The molecule has 4 rings (SSSR count). The lowest BCUT2D eigenvalue weighted by molar-refractivity contribution is 0.00833. The molecule has 2 aromatic carbocycles. The van der Waals surface area contributed by atoms with Crippen LogP contribution in [0.2, 0.25) is 5.02 Å². The number of hydrogen-bond acceptors (Lipinski definition) is 7. The Balaban J connectivity index is 1.31. The van der Waals surface area contributed by atoms with Crippen molar-refractivity contribution in [3.8, 4) is 5.75 Å². The predicted octanol–water partition coefficient (Wildman–Crippen LogP) is 3.42. The highest BCUT2D eigenvalue weighted by atomic mass is 35.5. The molecule has 2 heterocycles. The second-order valence-corrected chi connectivity index (χ2v) is 9.42. The van der Waals surface area contributed by atoms with Crippen LogP contribution in [0.3, 0.4) is 0 Å².